The van der Waals surface area contributed by atoms with E-state index in [1.54, 1.807) is 0 Å². The molecule has 2 saturated carbocycles. The number of hydrogen-bond donors (Lipinski definition) is 1. The quantitative estimate of drug-likeness (QED) is 0.664. The highest BCUT2D eigenvalue weighted by Crippen LogP contribution is 2.54. The molecule has 3 unspecified atom stereocenters. The molecule has 0 bridgehead atoms. The first kappa shape index (κ1) is 8.72. The second-order valence-electron chi connectivity index (χ2n) is 5.26. The van der Waals surface area contributed by atoms with Gasteiger partial charge in [0.15, 0.2) is 0 Å². The number of amides is 1. The lowest BCUT2D eigenvalue weighted by Crippen LogP contribution is -2.35. The first-order chi connectivity index (χ1) is 6.74. The lowest BCUT2D eigenvalue weighted by Gasteiger charge is -2.20. The number of carbonyl (C=O) groups is 1. The molecule has 0 radical (unpaired) electrons. The third kappa shape index (κ3) is 1.34. The van der Waals surface area contributed by atoms with Gasteiger partial charge in [0.2, 0.25) is 5.91 Å². The Morgan fingerprint density at radius 1 is 1.21 bits per heavy atom. The highest BCUT2D eigenvalue weighted by atomic mass is 16.2. The SMILES string of the molecule is NC1CCN(C(=O)C2CC3CC3C2)C1. The highest BCUT2D eigenvalue weighted by Gasteiger charge is 2.49. The van der Waals surface area contributed by atoms with Gasteiger partial charge in [0.05, 0.1) is 0 Å². The molecule has 3 fully saturated rings. The molecule has 3 heteroatoms. The summed E-state index contributed by atoms with van der Waals surface area (Å²) < 4.78 is 0. The predicted octanol–water partition coefficient (Wildman–Crippen LogP) is 0.592. The molecular weight excluding hydrogens is 176 g/mol. The normalized spacial score (nSPS) is 45.4. The average molecular weight is 194 g/mol. The minimum Gasteiger partial charge on any atom is -0.341 e. The van der Waals surface area contributed by atoms with Crippen LogP contribution in [0.1, 0.15) is 25.7 Å². The van der Waals surface area contributed by atoms with Crippen molar-refractivity contribution >= 4 is 5.91 Å². The number of nitrogens with two attached hydrogens (primary N) is 1. The van der Waals surface area contributed by atoms with Crippen molar-refractivity contribution in [2.24, 2.45) is 23.5 Å². The predicted molar refractivity (Wildman–Crippen MR) is 53.5 cm³/mol. The van der Waals surface area contributed by atoms with E-state index < -0.39 is 0 Å². The molecule has 1 heterocycles. The van der Waals surface area contributed by atoms with Crippen molar-refractivity contribution in [3.63, 3.8) is 0 Å². The monoisotopic (exact) mass is 194 g/mol. The largest absolute Gasteiger partial charge is 0.341 e. The Morgan fingerprint density at radius 2 is 1.93 bits per heavy atom. The van der Waals surface area contributed by atoms with Crippen LogP contribution in [-0.4, -0.2) is 29.9 Å². The summed E-state index contributed by atoms with van der Waals surface area (Å²) in [6, 6.07) is 0.231. The Bertz CT molecular complexity index is 247. The first-order valence-electron chi connectivity index (χ1n) is 5.78. The average Bonchev–Trinajstić information content (AvgIpc) is 2.64. The van der Waals surface area contributed by atoms with Crippen LogP contribution in [0, 0.1) is 17.8 Å². The number of fused-ring (bicyclic) bond motifs is 1. The fourth-order valence-corrected chi connectivity index (χ4v) is 3.16. The summed E-state index contributed by atoms with van der Waals surface area (Å²) in [5, 5.41) is 0. The maximum Gasteiger partial charge on any atom is 0.225 e. The number of hydrogen-bond acceptors (Lipinski definition) is 2. The van der Waals surface area contributed by atoms with E-state index in [1.165, 1.54) is 6.42 Å². The van der Waals surface area contributed by atoms with Crippen molar-refractivity contribution in [2.75, 3.05) is 13.1 Å². The topological polar surface area (TPSA) is 46.3 Å². The van der Waals surface area contributed by atoms with Gasteiger partial charge in [-0.1, -0.05) is 0 Å². The van der Waals surface area contributed by atoms with Gasteiger partial charge >= 0.3 is 0 Å². The summed E-state index contributed by atoms with van der Waals surface area (Å²) in [4.78, 5) is 14.0. The molecule has 0 aromatic heterocycles. The molecule has 2 aliphatic carbocycles. The highest BCUT2D eigenvalue weighted by molar-refractivity contribution is 5.79. The third-order valence-electron chi connectivity index (χ3n) is 4.13. The maximum absolute atomic E-state index is 12.0. The van der Waals surface area contributed by atoms with Gasteiger partial charge in [0, 0.05) is 25.0 Å². The Labute approximate surface area is 84.6 Å². The molecule has 1 saturated heterocycles. The molecular formula is C11H18N2O. The van der Waals surface area contributed by atoms with Gasteiger partial charge in [0.1, 0.15) is 0 Å². The summed E-state index contributed by atoms with van der Waals surface area (Å²) in [5.41, 5.74) is 5.80. The van der Waals surface area contributed by atoms with Crippen LogP contribution in [-0.2, 0) is 4.79 Å². The zero-order valence-electron chi connectivity index (χ0n) is 8.48. The Morgan fingerprint density at radius 3 is 2.50 bits per heavy atom. The molecule has 1 aliphatic heterocycles. The Hall–Kier alpha value is -0.570. The Kier molecular flexibility index (Phi) is 1.84. The lowest BCUT2D eigenvalue weighted by molar-refractivity contribution is -0.134. The molecule has 3 rings (SSSR count). The van der Waals surface area contributed by atoms with Crippen LogP contribution in [0.5, 0.6) is 0 Å². The van der Waals surface area contributed by atoms with Gasteiger partial charge in [-0.05, 0) is 37.5 Å². The number of carbonyl (C=O) groups excluding carboxylic acids is 1. The zero-order chi connectivity index (χ0) is 9.71. The second kappa shape index (κ2) is 2.96. The Balaban J connectivity index is 1.59. The fraction of sp³-hybridized carbons (Fsp3) is 0.909. The van der Waals surface area contributed by atoms with Crippen molar-refractivity contribution in [1.82, 2.24) is 4.90 Å². The van der Waals surface area contributed by atoms with Crippen LogP contribution in [0.25, 0.3) is 0 Å². The summed E-state index contributed by atoms with van der Waals surface area (Å²) in [6.07, 6.45) is 4.71. The molecule has 0 aromatic rings. The molecule has 78 valence electrons. The smallest absolute Gasteiger partial charge is 0.225 e. The van der Waals surface area contributed by atoms with Gasteiger partial charge in [-0.25, -0.2) is 0 Å². The fourth-order valence-electron chi connectivity index (χ4n) is 3.16. The maximum atomic E-state index is 12.0. The minimum absolute atomic E-state index is 0.231. The lowest BCUT2D eigenvalue weighted by atomic mass is 10.0. The zero-order valence-corrected chi connectivity index (χ0v) is 8.48. The van der Waals surface area contributed by atoms with Crippen molar-refractivity contribution in [1.29, 1.82) is 0 Å². The molecule has 1 amide bonds. The summed E-state index contributed by atoms with van der Waals surface area (Å²) in [5.74, 6) is 2.55. The van der Waals surface area contributed by atoms with Crippen molar-refractivity contribution in [3.05, 3.63) is 0 Å². The van der Waals surface area contributed by atoms with Gasteiger partial charge in [0.25, 0.3) is 0 Å². The molecule has 0 spiro atoms. The van der Waals surface area contributed by atoms with E-state index >= 15 is 0 Å². The van der Waals surface area contributed by atoms with E-state index in [0.717, 1.165) is 44.2 Å². The van der Waals surface area contributed by atoms with Crippen molar-refractivity contribution in [3.8, 4) is 0 Å². The summed E-state index contributed by atoms with van der Waals surface area (Å²) >= 11 is 0. The minimum atomic E-state index is 0.231. The van der Waals surface area contributed by atoms with Crippen LogP contribution in [0.2, 0.25) is 0 Å². The molecule has 3 atom stereocenters. The summed E-state index contributed by atoms with van der Waals surface area (Å²) in [7, 11) is 0. The molecule has 3 nitrogen and oxygen atoms in total. The second-order valence-corrected chi connectivity index (χ2v) is 5.26. The summed E-state index contributed by atoms with van der Waals surface area (Å²) in [6.45, 7) is 1.69. The third-order valence-corrected chi connectivity index (χ3v) is 4.13. The number of rotatable bonds is 1. The van der Waals surface area contributed by atoms with Gasteiger partial charge < -0.3 is 10.6 Å². The van der Waals surface area contributed by atoms with Crippen LogP contribution in [0.4, 0.5) is 0 Å². The van der Waals surface area contributed by atoms with Gasteiger partial charge in [-0.15, -0.1) is 0 Å². The standard InChI is InChI=1S/C11H18N2O/c12-10-1-2-13(6-10)11(14)9-4-7-3-8(7)5-9/h7-10H,1-6,12H2. The van der Waals surface area contributed by atoms with Crippen LogP contribution < -0.4 is 5.73 Å². The number of nitrogens with zero attached hydrogens (tertiary/aromatic N) is 1. The molecule has 0 aromatic carbocycles. The van der Waals surface area contributed by atoms with E-state index in [4.69, 9.17) is 5.73 Å². The molecule has 14 heavy (non-hydrogen) atoms. The van der Waals surface area contributed by atoms with Crippen LogP contribution in [0.15, 0.2) is 0 Å². The van der Waals surface area contributed by atoms with E-state index in [9.17, 15) is 4.79 Å². The van der Waals surface area contributed by atoms with E-state index in [0.29, 0.717) is 11.8 Å². The first-order valence-corrected chi connectivity index (χ1v) is 5.78. The number of likely N-dealkylation sites (tertiary alicyclic amines) is 1. The van der Waals surface area contributed by atoms with Crippen LogP contribution >= 0.6 is 0 Å². The van der Waals surface area contributed by atoms with Crippen molar-refractivity contribution in [2.45, 2.75) is 31.7 Å². The van der Waals surface area contributed by atoms with E-state index in [1.807, 2.05) is 4.90 Å². The van der Waals surface area contributed by atoms with Gasteiger partial charge in [-0.2, -0.15) is 0 Å². The van der Waals surface area contributed by atoms with Gasteiger partial charge in [-0.3, -0.25) is 4.79 Å². The molecule has 2 N–H and O–H groups in total. The van der Waals surface area contributed by atoms with Crippen molar-refractivity contribution < 1.29 is 4.79 Å². The molecule has 3 aliphatic rings. The van der Waals surface area contributed by atoms with Crippen LogP contribution in [0.3, 0.4) is 0 Å². The van der Waals surface area contributed by atoms with E-state index in [2.05, 4.69) is 0 Å². The van der Waals surface area contributed by atoms with E-state index in [-0.39, 0.29) is 6.04 Å².